The fourth-order valence-electron chi connectivity index (χ4n) is 2.71. The summed E-state index contributed by atoms with van der Waals surface area (Å²) in [4.78, 5) is 48.4. The van der Waals surface area contributed by atoms with Gasteiger partial charge < -0.3 is 10.1 Å². The average molecular weight is 308 g/mol. The average Bonchev–Trinajstić information content (AvgIpc) is 2.70. The first-order valence-corrected chi connectivity index (χ1v) is 7.35. The first-order valence-electron chi connectivity index (χ1n) is 7.35. The smallest absolute Gasteiger partial charge is 0.326 e. The van der Waals surface area contributed by atoms with Crippen LogP contribution in [-0.2, 0) is 23.9 Å². The number of esters is 1. The molecule has 1 saturated heterocycles. The molecule has 7 nitrogen and oxygen atoms in total. The standard InChI is InChI=1S/C15H20N2O5/c1-9(2)16-12(18)8-22-13(19)7-17-14(20)10-5-3-4-6-11(10)15(17)21/h3-4,9-11H,5-8H2,1-2H3,(H,16,18)/t10-,11-/m1/s1. The van der Waals surface area contributed by atoms with E-state index in [-0.39, 0.29) is 29.7 Å². The number of allylic oxidation sites excluding steroid dienone is 2. The number of nitrogens with zero attached hydrogens (tertiary/aromatic N) is 1. The molecule has 3 amide bonds. The highest BCUT2D eigenvalue weighted by atomic mass is 16.5. The lowest BCUT2D eigenvalue weighted by Gasteiger charge is -2.14. The predicted octanol–water partition coefficient (Wildman–Crippen LogP) is 0.00540. The molecule has 0 saturated carbocycles. The molecule has 0 unspecified atom stereocenters. The number of carbonyl (C=O) groups is 4. The Morgan fingerprint density at radius 2 is 1.77 bits per heavy atom. The van der Waals surface area contributed by atoms with Gasteiger partial charge in [-0.3, -0.25) is 24.1 Å². The molecule has 1 aliphatic carbocycles. The summed E-state index contributed by atoms with van der Waals surface area (Å²) in [5, 5.41) is 2.58. The number of carbonyl (C=O) groups excluding carboxylic acids is 4. The van der Waals surface area contributed by atoms with E-state index in [1.165, 1.54) is 0 Å². The highest BCUT2D eigenvalue weighted by Crippen LogP contribution is 2.34. The number of imide groups is 1. The zero-order valence-corrected chi connectivity index (χ0v) is 12.7. The third-order valence-electron chi connectivity index (χ3n) is 3.70. The molecule has 1 heterocycles. The van der Waals surface area contributed by atoms with Crippen LogP contribution >= 0.6 is 0 Å². The molecular weight excluding hydrogens is 288 g/mol. The number of rotatable bonds is 5. The van der Waals surface area contributed by atoms with Gasteiger partial charge in [0.2, 0.25) is 11.8 Å². The Bertz CT molecular complexity index is 500. The van der Waals surface area contributed by atoms with Crippen LogP contribution in [0.5, 0.6) is 0 Å². The zero-order valence-electron chi connectivity index (χ0n) is 12.7. The quantitative estimate of drug-likeness (QED) is 0.438. The van der Waals surface area contributed by atoms with Gasteiger partial charge in [-0.15, -0.1) is 0 Å². The number of amides is 3. The number of hydrogen-bond donors (Lipinski definition) is 1. The summed E-state index contributed by atoms with van der Waals surface area (Å²) in [6.07, 6.45) is 4.81. The fourth-order valence-corrected chi connectivity index (χ4v) is 2.71. The number of hydrogen-bond acceptors (Lipinski definition) is 5. The topological polar surface area (TPSA) is 92.8 Å². The van der Waals surface area contributed by atoms with E-state index in [4.69, 9.17) is 4.74 Å². The second-order valence-corrected chi connectivity index (χ2v) is 5.80. The van der Waals surface area contributed by atoms with Crippen LogP contribution in [0.4, 0.5) is 0 Å². The van der Waals surface area contributed by atoms with Crippen LogP contribution in [0.25, 0.3) is 0 Å². The van der Waals surface area contributed by atoms with Gasteiger partial charge in [0.1, 0.15) is 6.54 Å². The molecule has 7 heteroatoms. The van der Waals surface area contributed by atoms with E-state index in [1.54, 1.807) is 13.8 Å². The van der Waals surface area contributed by atoms with Crippen LogP contribution in [-0.4, -0.2) is 47.8 Å². The van der Waals surface area contributed by atoms with Crippen molar-refractivity contribution in [2.75, 3.05) is 13.2 Å². The van der Waals surface area contributed by atoms with Gasteiger partial charge in [-0.2, -0.15) is 0 Å². The lowest BCUT2D eigenvalue weighted by molar-refractivity contribution is -0.155. The van der Waals surface area contributed by atoms with E-state index in [2.05, 4.69) is 5.32 Å². The third kappa shape index (κ3) is 3.52. The Kier molecular flexibility index (Phi) is 4.95. The van der Waals surface area contributed by atoms with Crippen molar-refractivity contribution in [3.8, 4) is 0 Å². The highest BCUT2D eigenvalue weighted by molar-refractivity contribution is 6.07. The normalized spacial score (nSPS) is 23.7. The monoisotopic (exact) mass is 308 g/mol. The fraction of sp³-hybridized carbons (Fsp3) is 0.600. The van der Waals surface area contributed by atoms with Crippen LogP contribution in [0, 0.1) is 11.8 Å². The van der Waals surface area contributed by atoms with Crippen LogP contribution < -0.4 is 5.32 Å². The van der Waals surface area contributed by atoms with Gasteiger partial charge in [-0.05, 0) is 26.7 Å². The molecule has 1 N–H and O–H groups in total. The van der Waals surface area contributed by atoms with Gasteiger partial charge in [0, 0.05) is 6.04 Å². The maximum Gasteiger partial charge on any atom is 0.326 e. The summed E-state index contributed by atoms with van der Waals surface area (Å²) in [5.74, 6) is -2.57. The molecule has 2 rings (SSSR count). The minimum absolute atomic E-state index is 0.0523. The van der Waals surface area contributed by atoms with Gasteiger partial charge in [-0.1, -0.05) is 12.2 Å². The summed E-state index contributed by atoms with van der Waals surface area (Å²) in [7, 11) is 0. The summed E-state index contributed by atoms with van der Waals surface area (Å²) in [5.41, 5.74) is 0. The van der Waals surface area contributed by atoms with Gasteiger partial charge >= 0.3 is 5.97 Å². The first kappa shape index (κ1) is 16.2. The maximum absolute atomic E-state index is 12.2. The summed E-state index contributed by atoms with van der Waals surface area (Å²) < 4.78 is 4.80. The van der Waals surface area contributed by atoms with Crippen molar-refractivity contribution in [3.63, 3.8) is 0 Å². The Labute approximate surface area is 128 Å². The van der Waals surface area contributed by atoms with E-state index < -0.39 is 25.0 Å². The molecule has 1 aliphatic heterocycles. The van der Waals surface area contributed by atoms with E-state index >= 15 is 0 Å². The molecule has 0 aromatic carbocycles. The minimum Gasteiger partial charge on any atom is -0.454 e. The van der Waals surface area contributed by atoms with Gasteiger partial charge in [0.25, 0.3) is 5.91 Å². The van der Waals surface area contributed by atoms with Gasteiger partial charge in [-0.25, -0.2) is 0 Å². The van der Waals surface area contributed by atoms with Crippen molar-refractivity contribution >= 4 is 23.7 Å². The van der Waals surface area contributed by atoms with Gasteiger partial charge in [0.15, 0.2) is 6.61 Å². The number of nitrogens with one attached hydrogen (secondary N) is 1. The lowest BCUT2D eigenvalue weighted by Crippen LogP contribution is -2.39. The molecular formula is C15H20N2O5. The second-order valence-electron chi connectivity index (χ2n) is 5.80. The second kappa shape index (κ2) is 6.72. The van der Waals surface area contributed by atoms with Crippen LogP contribution in [0.2, 0.25) is 0 Å². The molecule has 0 spiro atoms. The molecule has 2 atom stereocenters. The third-order valence-corrected chi connectivity index (χ3v) is 3.70. The largest absolute Gasteiger partial charge is 0.454 e. The molecule has 2 aliphatic rings. The Hall–Kier alpha value is -2.18. The molecule has 120 valence electrons. The predicted molar refractivity (Wildman–Crippen MR) is 76.3 cm³/mol. The SMILES string of the molecule is CC(C)NC(=O)COC(=O)CN1C(=O)[C@@H]2CC=CC[C@H]2C1=O. The molecule has 0 aromatic heterocycles. The van der Waals surface area contributed by atoms with Crippen molar-refractivity contribution in [3.05, 3.63) is 12.2 Å². The van der Waals surface area contributed by atoms with E-state index in [1.807, 2.05) is 12.2 Å². The first-order chi connectivity index (χ1) is 10.4. The maximum atomic E-state index is 12.2. The van der Waals surface area contributed by atoms with Crippen LogP contribution in [0.15, 0.2) is 12.2 Å². The highest BCUT2D eigenvalue weighted by Gasteiger charge is 2.47. The number of ether oxygens (including phenoxy) is 1. The molecule has 0 bridgehead atoms. The van der Waals surface area contributed by atoms with Crippen molar-refractivity contribution in [2.45, 2.75) is 32.7 Å². The van der Waals surface area contributed by atoms with Crippen molar-refractivity contribution in [2.24, 2.45) is 11.8 Å². The van der Waals surface area contributed by atoms with E-state index in [0.29, 0.717) is 12.8 Å². The van der Waals surface area contributed by atoms with Crippen molar-refractivity contribution < 1.29 is 23.9 Å². The minimum atomic E-state index is -0.757. The molecule has 0 radical (unpaired) electrons. The Morgan fingerprint density at radius 3 is 2.27 bits per heavy atom. The van der Waals surface area contributed by atoms with Crippen molar-refractivity contribution in [1.82, 2.24) is 10.2 Å². The molecule has 22 heavy (non-hydrogen) atoms. The van der Waals surface area contributed by atoms with Crippen LogP contribution in [0.1, 0.15) is 26.7 Å². The molecule has 1 fully saturated rings. The zero-order chi connectivity index (χ0) is 16.3. The number of fused-ring (bicyclic) bond motifs is 1. The number of likely N-dealkylation sites (tertiary alicyclic amines) is 1. The Balaban J connectivity index is 1.85. The van der Waals surface area contributed by atoms with Crippen molar-refractivity contribution in [1.29, 1.82) is 0 Å². The lowest BCUT2D eigenvalue weighted by atomic mass is 9.85. The van der Waals surface area contributed by atoms with Crippen LogP contribution in [0.3, 0.4) is 0 Å². The van der Waals surface area contributed by atoms with E-state index in [0.717, 1.165) is 4.90 Å². The summed E-state index contributed by atoms with van der Waals surface area (Å²) in [6.45, 7) is 2.73. The molecule has 0 aromatic rings. The summed E-state index contributed by atoms with van der Waals surface area (Å²) >= 11 is 0. The summed E-state index contributed by atoms with van der Waals surface area (Å²) in [6, 6.07) is -0.0523. The van der Waals surface area contributed by atoms with E-state index in [9.17, 15) is 19.2 Å². The Morgan fingerprint density at radius 1 is 1.23 bits per heavy atom. The van der Waals surface area contributed by atoms with Gasteiger partial charge in [0.05, 0.1) is 11.8 Å².